The average molecular weight is 450 g/mol. The molecule has 1 atom stereocenters. The maximum absolute atomic E-state index is 12.3. The minimum absolute atomic E-state index is 0.131. The molecular formula is C20H17Cl2N3O3S. The first-order valence-electron chi connectivity index (χ1n) is 8.63. The number of carbonyl (C=O) groups is 2. The number of carbonyl (C=O) groups excluding carboxylic acids is 2. The molecule has 0 aliphatic rings. The number of halogens is 2. The van der Waals surface area contributed by atoms with Crippen molar-refractivity contribution >= 4 is 57.2 Å². The van der Waals surface area contributed by atoms with Crippen LogP contribution in [0.3, 0.4) is 0 Å². The van der Waals surface area contributed by atoms with Gasteiger partial charge in [0.1, 0.15) is 0 Å². The molecule has 1 amide bonds. The monoisotopic (exact) mass is 449 g/mol. The van der Waals surface area contributed by atoms with Crippen LogP contribution < -0.4 is 10.6 Å². The molecule has 0 unspecified atom stereocenters. The summed E-state index contributed by atoms with van der Waals surface area (Å²) in [6, 6.07) is 14.7. The molecule has 3 rings (SSSR count). The first kappa shape index (κ1) is 21.1. The maximum atomic E-state index is 12.3. The fourth-order valence-electron chi connectivity index (χ4n) is 2.33. The van der Waals surface area contributed by atoms with Gasteiger partial charge in [0.25, 0.3) is 5.91 Å². The smallest absolute Gasteiger partial charge is 0.358 e. The van der Waals surface area contributed by atoms with Crippen molar-refractivity contribution in [3.05, 3.63) is 75.2 Å². The van der Waals surface area contributed by atoms with E-state index in [1.54, 1.807) is 23.6 Å². The Kier molecular flexibility index (Phi) is 7.09. The number of nitrogens with zero attached hydrogens (tertiary/aromatic N) is 1. The van der Waals surface area contributed by atoms with Crippen LogP contribution in [-0.4, -0.2) is 23.0 Å². The third-order valence-electron chi connectivity index (χ3n) is 3.86. The average Bonchev–Trinajstić information content (AvgIpc) is 3.20. The number of anilines is 2. The summed E-state index contributed by atoms with van der Waals surface area (Å²) in [6.07, 6.45) is -1.04. The molecule has 0 fully saturated rings. The quantitative estimate of drug-likeness (QED) is 0.481. The van der Waals surface area contributed by atoms with Gasteiger partial charge in [-0.25, -0.2) is 9.78 Å². The number of rotatable bonds is 7. The zero-order valence-electron chi connectivity index (χ0n) is 15.3. The highest BCUT2D eigenvalue weighted by Gasteiger charge is 2.22. The Morgan fingerprint density at radius 2 is 1.90 bits per heavy atom. The lowest BCUT2D eigenvalue weighted by atomic mass is 10.2. The summed E-state index contributed by atoms with van der Waals surface area (Å²) in [5, 5.41) is 8.43. The number of ether oxygens (including phenoxy) is 1. The minimum atomic E-state index is -1.04. The molecule has 1 heterocycles. The van der Waals surface area contributed by atoms with E-state index in [4.69, 9.17) is 27.9 Å². The van der Waals surface area contributed by atoms with Crippen molar-refractivity contribution in [2.45, 2.75) is 19.6 Å². The number of amides is 1. The molecule has 1 aromatic heterocycles. The second-order valence-electron chi connectivity index (χ2n) is 6.02. The summed E-state index contributed by atoms with van der Waals surface area (Å²) in [6.45, 7) is 2.05. The summed E-state index contributed by atoms with van der Waals surface area (Å²) >= 11 is 13.3. The summed E-state index contributed by atoms with van der Waals surface area (Å²) in [4.78, 5) is 28.8. The standard InChI is InChI=1S/C20H17Cl2N3O3S/c1-12(18(26)24-15-9-5-8-14(21)17(15)22)28-19(27)16-11-29-20(25-16)23-10-13-6-3-2-4-7-13/h2-9,11-12H,10H2,1H3,(H,23,25)(H,24,26)/t12-/m0/s1. The van der Waals surface area contributed by atoms with Crippen molar-refractivity contribution in [2.24, 2.45) is 0 Å². The molecule has 2 N–H and O–H groups in total. The molecule has 0 aliphatic heterocycles. The minimum Gasteiger partial charge on any atom is -0.448 e. The van der Waals surface area contributed by atoms with E-state index in [2.05, 4.69) is 15.6 Å². The Morgan fingerprint density at radius 1 is 1.14 bits per heavy atom. The fourth-order valence-corrected chi connectivity index (χ4v) is 3.36. The van der Waals surface area contributed by atoms with Crippen LogP contribution in [0.1, 0.15) is 23.0 Å². The summed E-state index contributed by atoms with van der Waals surface area (Å²) in [5.74, 6) is -1.21. The normalized spacial score (nSPS) is 11.6. The number of benzene rings is 2. The Morgan fingerprint density at radius 3 is 2.66 bits per heavy atom. The predicted molar refractivity (Wildman–Crippen MR) is 116 cm³/mol. The Balaban J connectivity index is 1.54. The zero-order chi connectivity index (χ0) is 20.8. The maximum Gasteiger partial charge on any atom is 0.358 e. The van der Waals surface area contributed by atoms with E-state index in [-0.39, 0.29) is 10.7 Å². The van der Waals surface area contributed by atoms with E-state index in [1.807, 2.05) is 30.3 Å². The van der Waals surface area contributed by atoms with Gasteiger partial charge in [-0.1, -0.05) is 59.6 Å². The van der Waals surface area contributed by atoms with E-state index >= 15 is 0 Å². The Hall–Kier alpha value is -2.61. The lowest BCUT2D eigenvalue weighted by molar-refractivity contribution is -0.123. The van der Waals surface area contributed by atoms with Crippen molar-refractivity contribution in [3.8, 4) is 0 Å². The number of esters is 1. The van der Waals surface area contributed by atoms with Crippen LogP contribution in [0.5, 0.6) is 0 Å². The van der Waals surface area contributed by atoms with Gasteiger partial charge in [-0.2, -0.15) is 0 Å². The number of aromatic nitrogens is 1. The Labute approximate surface area is 181 Å². The van der Waals surface area contributed by atoms with Crippen LogP contribution in [0.2, 0.25) is 10.0 Å². The first-order valence-corrected chi connectivity index (χ1v) is 10.3. The Bertz CT molecular complexity index is 1010. The highest BCUT2D eigenvalue weighted by molar-refractivity contribution is 7.13. The van der Waals surface area contributed by atoms with E-state index in [9.17, 15) is 9.59 Å². The molecule has 0 aliphatic carbocycles. The molecule has 9 heteroatoms. The molecule has 3 aromatic rings. The second-order valence-corrected chi connectivity index (χ2v) is 7.66. The van der Waals surface area contributed by atoms with Crippen molar-refractivity contribution in [2.75, 3.05) is 10.6 Å². The van der Waals surface area contributed by atoms with Crippen molar-refractivity contribution in [1.29, 1.82) is 0 Å². The number of hydrogen-bond donors (Lipinski definition) is 2. The van der Waals surface area contributed by atoms with Gasteiger partial charge in [-0.3, -0.25) is 4.79 Å². The fraction of sp³-hybridized carbons (Fsp3) is 0.150. The van der Waals surface area contributed by atoms with Gasteiger partial charge < -0.3 is 15.4 Å². The molecule has 0 saturated carbocycles. The molecule has 0 saturated heterocycles. The number of hydrogen-bond acceptors (Lipinski definition) is 6. The second kappa shape index (κ2) is 9.73. The molecule has 0 bridgehead atoms. The van der Waals surface area contributed by atoms with Gasteiger partial charge in [-0.15, -0.1) is 11.3 Å². The molecule has 0 spiro atoms. The summed E-state index contributed by atoms with van der Waals surface area (Å²) in [7, 11) is 0. The van der Waals surface area contributed by atoms with E-state index < -0.39 is 18.0 Å². The number of thiazole rings is 1. The summed E-state index contributed by atoms with van der Waals surface area (Å²) < 4.78 is 5.21. The van der Waals surface area contributed by atoms with Crippen molar-refractivity contribution < 1.29 is 14.3 Å². The van der Waals surface area contributed by atoms with Gasteiger partial charge in [0.15, 0.2) is 16.9 Å². The van der Waals surface area contributed by atoms with Gasteiger partial charge in [0.05, 0.1) is 15.7 Å². The molecule has 0 radical (unpaired) electrons. The van der Waals surface area contributed by atoms with Crippen LogP contribution in [0.25, 0.3) is 0 Å². The first-order chi connectivity index (χ1) is 13.9. The van der Waals surface area contributed by atoms with Gasteiger partial charge in [-0.05, 0) is 24.6 Å². The highest BCUT2D eigenvalue weighted by Crippen LogP contribution is 2.29. The van der Waals surface area contributed by atoms with E-state index in [1.165, 1.54) is 18.3 Å². The number of nitrogens with one attached hydrogen (secondary N) is 2. The molecule has 29 heavy (non-hydrogen) atoms. The SMILES string of the molecule is C[C@H](OC(=O)c1csc(NCc2ccccc2)n1)C(=O)Nc1cccc(Cl)c1Cl. The third kappa shape index (κ3) is 5.69. The topological polar surface area (TPSA) is 80.3 Å². The highest BCUT2D eigenvalue weighted by atomic mass is 35.5. The lowest BCUT2D eigenvalue weighted by Gasteiger charge is -2.14. The molecular weight excluding hydrogens is 433 g/mol. The summed E-state index contributed by atoms with van der Waals surface area (Å²) in [5.41, 5.74) is 1.57. The van der Waals surface area contributed by atoms with Crippen molar-refractivity contribution in [3.63, 3.8) is 0 Å². The van der Waals surface area contributed by atoms with Crippen LogP contribution in [-0.2, 0) is 16.1 Å². The molecule has 2 aromatic carbocycles. The zero-order valence-corrected chi connectivity index (χ0v) is 17.6. The largest absolute Gasteiger partial charge is 0.448 e. The van der Waals surface area contributed by atoms with Gasteiger partial charge in [0, 0.05) is 11.9 Å². The van der Waals surface area contributed by atoms with E-state index in [0.717, 1.165) is 5.56 Å². The van der Waals surface area contributed by atoms with Crippen molar-refractivity contribution in [1.82, 2.24) is 4.98 Å². The van der Waals surface area contributed by atoms with Crippen LogP contribution in [0.15, 0.2) is 53.9 Å². The van der Waals surface area contributed by atoms with Crippen LogP contribution >= 0.6 is 34.5 Å². The lowest BCUT2D eigenvalue weighted by Crippen LogP contribution is -2.30. The third-order valence-corrected chi connectivity index (χ3v) is 5.48. The van der Waals surface area contributed by atoms with Gasteiger partial charge in [0.2, 0.25) is 0 Å². The molecule has 150 valence electrons. The van der Waals surface area contributed by atoms with Crippen LogP contribution in [0, 0.1) is 0 Å². The molecule has 6 nitrogen and oxygen atoms in total. The van der Waals surface area contributed by atoms with E-state index in [0.29, 0.717) is 22.4 Å². The van der Waals surface area contributed by atoms with Gasteiger partial charge >= 0.3 is 5.97 Å². The van der Waals surface area contributed by atoms with Crippen LogP contribution in [0.4, 0.5) is 10.8 Å². The predicted octanol–water partition coefficient (Wildman–Crippen LogP) is 5.25.